The van der Waals surface area contributed by atoms with Gasteiger partial charge >= 0.3 is 6.15 Å². The van der Waals surface area contributed by atoms with Crippen LogP contribution in [0.3, 0.4) is 0 Å². The monoisotopic (exact) mass is 206 g/mol. The Labute approximate surface area is 89.1 Å². The molecule has 0 atom stereocenters. The molecule has 3 nitrogen and oxygen atoms in total. The van der Waals surface area contributed by atoms with Crippen LogP contribution >= 0.6 is 0 Å². The van der Waals surface area contributed by atoms with Crippen LogP contribution in [0.5, 0.6) is 0 Å². The molecule has 0 spiro atoms. The van der Waals surface area contributed by atoms with Gasteiger partial charge in [0.25, 0.3) is 0 Å². The Morgan fingerprint density at radius 3 is 1.80 bits per heavy atom. The topological polar surface area (TPSA) is 51.2 Å². The van der Waals surface area contributed by atoms with Gasteiger partial charge in [-0.3, -0.25) is 4.79 Å². The summed E-state index contributed by atoms with van der Waals surface area (Å²) in [5.41, 5.74) is 0.520. The number of ketones is 1. The van der Waals surface area contributed by atoms with Crippen LogP contribution in [0.2, 0.25) is 0 Å². The molecule has 0 N–H and O–H groups in total. The van der Waals surface area contributed by atoms with Crippen LogP contribution in [-0.4, -0.2) is 11.9 Å². The van der Waals surface area contributed by atoms with Gasteiger partial charge in [0.15, 0.2) is 5.78 Å². The molecule has 0 radical (unpaired) electrons. The molecule has 0 unspecified atom stereocenters. The fourth-order valence-electron chi connectivity index (χ4n) is 1.02. The summed E-state index contributed by atoms with van der Waals surface area (Å²) in [7, 11) is 0. The lowest BCUT2D eigenvalue weighted by Gasteiger charge is -2.16. The molecule has 0 aliphatic heterocycles. The van der Waals surface area contributed by atoms with Gasteiger partial charge in [0.05, 0.1) is 0 Å². The second kappa shape index (κ2) is 5.89. The predicted molar refractivity (Wildman–Crippen MR) is 55.2 cm³/mol. The van der Waals surface area contributed by atoms with Crippen molar-refractivity contribution >= 4 is 11.9 Å². The van der Waals surface area contributed by atoms with Crippen molar-refractivity contribution in [2.75, 3.05) is 0 Å². The van der Waals surface area contributed by atoms with Gasteiger partial charge in [-0.15, -0.1) is 0 Å². The first-order valence-corrected chi connectivity index (χ1v) is 4.52. The zero-order valence-corrected chi connectivity index (χ0v) is 9.11. The smallest absolute Gasteiger partial charge is 0.294 e. The first kappa shape index (κ1) is 13.3. The third kappa shape index (κ3) is 4.89. The minimum absolute atomic E-state index is 0.197. The first-order valence-electron chi connectivity index (χ1n) is 4.52. The quantitative estimate of drug-likeness (QED) is 0.662. The summed E-state index contributed by atoms with van der Waals surface area (Å²) in [5.74, 6) is 0.197. The zero-order chi connectivity index (χ0) is 11.9. The van der Waals surface area contributed by atoms with Crippen LogP contribution in [0.25, 0.3) is 0 Å². The van der Waals surface area contributed by atoms with Gasteiger partial charge in [-0.1, -0.05) is 51.1 Å². The van der Waals surface area contributed by atoms with Crippen molar-refractivity contribution in [2.24, 2.45) is 5.41 Å². The maximum atomic E-state index is 11.7. The van der Waals surface area contributed by atoms with E-state index in [1.54, 1.807) is 0 Å². The van der Waals surface area contributed by atoms with Crippen molar-refractivity contribution in [2.45, 2.75) is 20.8 Å². The van der Waals surface area contributed by atoms with Crippen LogP contribution in [0.15, 0.2) is 30.3 Å². The molecule has 80 valence electrons. The van der Waals surface area contributed by atoms with Crippen LogP contribution in [-0.2, 0) is 9.59 Å². The Bertz CT molecular complexity index is 341. The van der Waals surface area contributed by atoms with Gasteiger partial charge in [-0.2, -0.15) is 9.59 Å². The molecule has 1 rings (SSSR count). The second-order valence-electron chi connectivity index (χ2n) is 4.03. The van der Waals surface area contributed by atoms with E-state index in [2.05, 4.69) is 0 Å². The van der Waals surface area contributed by atoms with E-state index in [1.807, 2.05) is 51.1 Å². The second-order valence-corrected chi connectivity index (χ2v) is 4.03. The van der Waals surface area contributed by atoms with Crippen LogP contribution in [0.1, 0.15) is 31.1 Å². The van der Waals surface area contributed by atoms with E-state index < -0.39 is 0 Å². The molecule has 0 amide bonds. The molecule has 0 bridgehead atoms. The lowest BCUT2D eigenvalue weighted by Crippen LogP contribution is -2.19. The molecule has 0 saturated carbocycles. The molecule has 1 aromatic rings. The Balaban J connectivity index is 0.000000583. The van der Waals surface area contributed by atoms with E-state index in [9.17, 15) is 4.79 Å². The molecule has 0 aliphatic rings. The maximum absolute atomic E-state index is 11.7. The fourth-order valence-corrected chi connectivity index (χ4v) is 1.02. The minimum atomic E-state index is -0.276. The summed E-state index contributed by atoms with van der Waals surface area (Å²) < 4.78 is 0. The molecule has 3 heteroatoms. The minimum Gasteiger partial charge on any atom is -0.294 e. The van der Waals surface area contributed by atoms with Gasteiger partial charge < -0.3 is 0 Å². The molecular weight excluding hydrogens is 192 g/mol. The normalized spacial score (nSPS) is 9.53. The molecule has 15 heavy (non-hydrogen) atoms. The van der Waals surface area contributed by atoms with Crippen LogP contribution in [0, 0.1) is 5.41 Å². The summed E-state index contributed by atoms with van der Waals surface area (Å²) in [4.78, 5) is 27.9. The summed E-state index contributed by atoms with van der Waals surface area (Å²) in [6.45, 7) is 5.80. The SMILES string of the molecule is CC(C)(C)C(=O)c1ccccc1.O=C=O. The van der Waals surface area contributed by atoms with E-state index in [-0.39, 0.29) is 17.3 Å². The zero-order valence-electron chi connectivity index (χ0n) is 9.11. The van der Waals surface area contributed by atoms with Crippen molar-refractivity contribution in [1.82, 2.24) is 0 Å². The van der Waals surface area contributed by atoms with E-state index in [1.165, 1.54) is 0 Å². The molecule has 0 fully saturated rings. The standard InChI is InChI=1S/C11H14O.CO2/c1-11(2,3)10(12)9-7-5-4-6-8-9;2-1-3/h4-8H,1-3H3;. The fraction of sp³-hybridized carbons (Fsp3) is 0.333. The first-order chi connectivity index (χ1) is 6.93. The number of carbonyl (C=O) groups excluding carboxylic acids is 3. The summed E-state index contributed by atoms with van der Waals surface area (Å²) >= 11 is 0. The van der Waals surface area contributed by atoms with Gasteiger partial charge in [0.2, 0.25) is 0 Å². The number of carbonyl (C=O) groups is 1. The van der Waals surface area contributed by atoms with Gasteiger partial charge in [-0.25, -0.2) is 0 Å². The van der Waals surface area contributed by atoms with Gasteiger partial charge in [-0.05, 0) is 0 Å². The number of rotatable bonds is 1. The van der Waals surface area contributed by atoms with E-state index >= 15 is 0 Å². The van der Waals surface area contributed by atoms with Crippen molar-refractivity contribution in [1.29, 1.82) is 0 Å². The Morgan fingerprint density at radius 1 is 1.07 bits per heavy atom. The van der Waals surface area contributed by atoms with Crippen LogP contribution in [0.4, 0.5) is 0 Å². The summed E-state index contributed by atoms with van der Waals surface area (Å²) in [6, 6.07) is 9.40. The molecule has 0 aliphatic carbocycles. The average molecular weight is 206 g/mol. The Kier molecular flexibility index (Phi) is 5.21. The van der Waals surface area contributed by atoms with Gasteiger partial charge in [0, 0.05) is 11.0 Å². The van der Waals surface area contributed by atoms with E-state index in [4.69, 9.17) is 9.59 Å². The predicted octanol–water partition coefficient (Wildman–Crippen LogP) is 2.33. The third-order valence-electron chi connectivity index (χ3n) is 1.72. The molecular formula is C12H14O3. The van der Waals surface area contributed by atoms with Crippen molar-refractivity contribution in [3.05, 3.63) is 35.9 Å². The summed E-state index contributed by atoms with van der Waals surface area (Å²) in [5, 5.41) is 0. The molecule has 0 saturated heterocycles. The highest BCUT2D eigenvalue weighted by Crippen LogP contribution is 2.19. The van der Waals surface area contributed by atoms with Crippen molar-refractivity contribution < 1.29 is 14.4 Å². The number of benzene rings is 1. The number of hydrogen-bond acceptors (Lipinski definition) is 3. The Hall–Kier alpha value is -1.73. The third-order valence-corrected chi connectivity index (χ3v) is 1.72. The van der Waals surface area contributed by atoms with Crippen molar-refractivity contribution in [3.8, 4) is 0 Å². The lowest BCUT2D eigenvalue weighted by molar-refractivity contribution is -0.191. The highest BCUT2D eigenvalue weighted by Gasteiger charge is 2.21. The highest BCUT2D eigenvalue weighted by molar-refractivity contribution is 5.99. The average Bonchev–Trinajstić information content (AvgIpc) is 2.18. The summed E-state index contributed by atoms with van der Waals surface area (Å²) in [6.07, 6.45) is 0.250. The maximum Gasteiger partial charge on any atom is 0.373 e. The molecule has 1 aromatic carbocycles. The van der Waals surface area contributed by atoms with E-state index in [0.717, 1.165) is 5.56 Å². The van der Waals surface area contributed by atoms with Crippen molar-refractivity contribution in [3.63, 3.8) is 0 Å². The lowest BCUT2D eigenvalue weighted by atomic mass is 9.87. The Morgan fingerprint density at radius 2 is 1.47 bits per heavy atom. The number of hydrogen-bond donors (Lipinski definition) is 0. The van der Waals surface area contributed by atoms with Gasteiger partial charge in [0.1, 0.15) is 0 Å². The van der Waals surface area contributed by atoms with E-state index in [0.29, 0.717) is 0 Å². The molecule has 0 heterocycles. The highest BCUT2D eigenvalue weighted by atomic mass is 16.2. The van der Waals surface area contributed by atoms with Crippen LogP contribution < -0.4 is 0 Å². The number of Topliss-reactive ketones (excluding diaryl/α,β-unsaturated/α-hetero) is 1. The molecule has 0 aromatic heterocycles. The largest absolute Gasteiger partial charge is 0.373 e.